The van der Waals surface area contributed by atoms with Crippen molar-refractivity contribution >= 4 is 23.3 Å². The largest absolute Gasteiger partial charge is 0.469 e. The monoisotopic (exact) mass is 696 g/mol. The SMILES string of the molecule is C=C1[C@@H](O)[C@H](O)C2=C(C)C[C@@H]3CC/C(C)=C\C(=O)C[C@H](C(=O)OC)CC(=O)[C@H](C(C)C)CC(=O)[C@@]3(C)[C@H]2/C=C(\C)CC[C@H](O)[C@@]2(C)CC[C@H]1O2. The topological polar surface area (TPSA) is 147 Å². The van der Waals surface area contributed by atoms with Gasteiger partial charge in [0.15, 0.2) is 5.78 Å². The summed E-state index contributed by atoms with van der Waals surface area (Å²) >= 11 is 0. The molecule has 0 aromatic carbocycles. The minimum Gasteiger partial charge on any atom is -0.469 e. The minimum absolute atomic E-state index is 0.0613. The number of carbonyl (C=O) groups excluding carboxylic acids is 4. The van der Waals surface area contributed by atoms with Gasteiger partial charge in [0, 0.05) is 36.5 Å². The van der Waals surface area contributed by atoms with Crippen LogP contribution >= 0.6 is 0 Å². The van der Waals surface area contributed by atoms with E-state index in [1.54, 1.807) is 6.08 Å². The number of esters is 1. The molecule has 1 fully saturated rings. The molecule has 10 atom stereocenters. The standard InChI is InChI=1S/C41H60O9/c1-22(2)30-21-35(45)41(8)28(12-10-23(3)16-29(42)19-27(20-32(30)43)39(48)49-9)18-25(5)36-31(41)17-24(4)11-13-34(44)40(7)15-14-33(50-40)26(6)37(46)38(36)47/h16-17,22,27-28,30-31,33-34,37-38,44,46-47H,6,10-15,18-21H2,1-5,7-9H3/b23-16-,24-17+/t27-,28-,30-,31-,33+,34-,37+,38+,40+,41+/m0/s1. The maximum absolute atomic E-state index is 15.1. The lowest BCUT2D eigenvalue weighted by Gasteiger charge is -2.49. The third-order valence-corrected chi connectivity index (χ3v) is 12.5. The van der Waals surface area contributed by atoms with Gasteiger partial charge in [0.05, 0.1) is 30.8 Å². The quantitative estimate of drug-likeness (QED) is 0.236. The minimum atomic E-state index is -1.37. The number of ketones is 3. The van der Waals surface area contributed by atoms with E-state index in [0.717, 1.165) is 16.7 Å². The second-order valence-corrected chi connectivity index (χ2v) is 16.5. The zero-order valence-corrected chi connectivity index (χ0v) is 31.4. The highest BCUT2D eigenvalue weighted by molar-refractivity contribution is 5.96. The van der Waals surface area contributed by atoms with Crippen LogP contribution in [-0.4, -0.2) is 75.8 Å². The molecule has 2 heterocycles. The highest BCUT2D eigenvalue weighted by Crippen LogP contribution is 2.54. The molecule has 278 valence electrons. The number of hydrogen-bond donors (Lipinski definition) is 3. The maximum Gasteiger partial charge on any atom is 0.309 e. The molecule has 0 aromatic rings. The Bertz CT molecular complexity index is 1450. The fourth-order valence-corrected chi connectivity index (χ4v) is 9.00. The zero-order valence-electron chi connectivity index (χ0n) is 31.4. The summed E-state index contributed by atoms with van der Waals surface area (Å²) in [5.41, 5.74) is 1.64. The number of rotatable bonds is 2. The first-order valence-electron chi connectivity index (χ1n) is 18.4. The van der Waals surface area contributed by atoms with Crippen molar-refractivity contribution in [2.75, 3.05) is 7.11 Å². The zero-order chi connectivity index (χ0) is 37.3. The molecular weight excluding hydrogens is 636 g/mol. The first-order valence-corrected chi connectivity index (χ1v) is 18.4. The summed E-state index contributed by atoms with van der Waals surface area (Å²) in [5.74, 6) is -3.93. The van der Waals surface area contributed by atoms with Crippen LogP contribution in [0.25, 0.3) is 0 Å². The number of aliphatic hydroxyl groups is 3. The highest BCUT2D eigenvalue weighted by Gasteiger charge is 2.54. The molecular formula is C41H60O9. The van der Waals surface area contributed by atoms with Gasteiger partial charge in [-0.15, -0.1) is 0 Å². The molecule has 2 aliphatic carbocycles. The lowest BCUT2D eigenvalue weighted by molar-refractivity contribution is -0.149. The number of hydrogen-bond acceptors (Lipinski definition) is 9. The van der Waals surface area contributed by atoms with E-state index < -0.39 is 59.2 Å². The van der Waals surface area contributed by atoms with E-state index in [2.05, 4.69) is 6.58 Å². The molecule has 9 heteroatoms. The van der Waals surface area contributed by atoms with Crippen molar-refractivity contribution in [3.8, 4) is 0 Å². The van der Waals surface area contributed by atoms with Gasteiger partial charge in [0.25, 0.3) is 0 Å². The lowest BCUT2D eigenvalue weighted by Crippen LogP contribution is -2.50. The molecule has 0 amide bonds. The summed E-state index contributed by atoms with van der Waals surface area (Å²) in [6.07, 6.45) is 2.85. The van der Waals surface area contributed by atoms with E-state index in [1.165, 1.54) is 7.11 Å². The Hall–Kier alpha value is -2.72. The van der Waals surface area contributed by atoms with E-state index in [9.17, 15) is 29.7 Å². The third kappa shape index (κ3) is 8.16. The highest BCUT2D eigenvalue weighted by atomic mass is 16.5. The first kappa shape index (κ1) is 40.1. The van der Waals surface area contributed by atoms with Crippen molar-refractivity contribution < 1.29 is 44.0 Å². The Labute approximate surface area is 298 Å². The van der Waals surface area contributed by atoms with Crippen molar-refractivity contribution in [2.24, 2.45) is 35.0 Å². The number of ether oxygens (including phenoxy) is 2. The van der Waals surface area contributed by atoms with Gasteiger partial charge >= 0.3 is 5.97 Å². The Balaban J connectivity index is 1.88. The van der Waals surface area contributed by atoms with Crippen LogP contribution in [-0.2, 0) is 28.7 Å². The molecule has 0 radical (unpaired) electrons. The summed E-state index contributed by atoms with van der Waals surface area (Å²) in [6.45, 7) is 17.5. The van der Waals surface area contributed by atoms with Crippen molar-refractivity contribution in [3.63, 3.8) is 0 Å². The molecule has 2 bridgehead atoms. The molecule has 0 spiro atoms. The number of allylic oxidation sites excluding steroid dienone is 5. The smallest absolute Gasteiger partial charge is 0.309 e. The van der Waals surface area contributed by atoms with E-state index >= 15 is 4.79 Å². The lowest BCUT2D eigenvalue weighted by atomic mass is 9.54. The van der Waals surface area contributed by atoms with Crippen LogP contribution in [0.1, 0.15) is 113 Å². The van der Waals surface area contributed by atoms with Gasteiger partial charge in [-0.2, -0.15) is 0 Å². The van der Waals surface area contributed by atoms with Gasteiger partial charge in [-0.3, -0.25) is 19.2 Å². The number of Topliss-reactive ketones (excluding diaryl/α,β-unsaturated/α-hetero) is 2. The number of methoxy groups -OCH3 is 1. The first-order chi connectivity index (χ1) is 23.3. The summed E-state index contributed by atoms with van der Waals surface area (Å²) in [7, 11) is 1.24. The molecule has 0 aromatic heterocycles. The normalized spacial score (nSPS) is 40.6. The average Bonchev–Trinajstić information content (AvgIpc) is 3.47. The molecule has 2 aliphatic heterocycles. The Morgan fingerprint density at radius 1 is 0.940 bits per heavy atom. The summed E-state index contributed by atoms with van der Waals surface area (Å²) in [6, 6.07) is 0. The van der Waals surface area contributed by atoms with E-state index in [0.29, 0.717) is 56.1 Å². The summed E-state index contributed by atoms with van der Waals surface area (Å²) in [4.78, 5) is 54.9. The number of carbonyl (C=O) groups is 4. The van der Waals surface area contributed by atoms with Gasteiger partial charge in [-0.1, -0.05) is 50.1 Å². The maximum atomic E-state index is 15.1. The predicted octanol–water partition coefficient (Wildman–Crippen LogP) is 5.94. The molecule has 0 unspecified atom stereocenters. The number of fused-ring (bicyclic) bond motifs is 5. The van der Waals surface area contributed by atoms with Crippen molar-refractivity contribution in [2.45, 2.75) is 143 Å². The van der Waals surface area contributed by atoms with Gasteiger partial charge in [-0.05, 0) is 102 Å². The van der Waals surface area contributed by atoms with Gasteiger partial charge in [0.1, 0.15) is 23.8 Å². The molecule has 3 N–H and O–H groups in total. The molecule has 50 heavy (non-hydrogen) atoms. The van der Waals surface area contributed by atoms with Crippen molar-refractivity contribution in [1.82, 2.24) is 0 Å². The van der Waals surface area contributed by atoms with Crippen LogP contribution in [0.15, 0.2) is 46.6 Å². The van der Waals surface area contributed by atoms with Crippen LogP contribution in [0.2, 0.25) is 0 Å². The Morgan fingerprint density at radius 2 is 1.60 bits per heavy atom. The number of aliphatic hydroxyl groups excluding tert-OH is 3. The van der Waals surface area contributed by atoms with Gasteiger partial charge in [-0.25, -0.2) is 0 Å². The fraction of sp³-hybridized carbons (Fsp3) is 0.707. The van der Waals surface area contributed by atoms with E-state index in [-0.39, 0.29) is 48.4 Å². The average molecular weight is 697 g/mol. The van der Waals surface area contributed by atoms with Crippen LogP contribution in [0.4, 0.5) is 0 Å². The second kappa shape index (κ2) is 15.9. The Kier molecular flexibility index (Phi) is 12.7. The van der Waals surface area contributed by atoms with E-state index in [4.69, 9.17) is 9.47 Å². The molecule has 9 nitrogen and oxygen atoms in total. The molecule has 4 aliphatic rings. The Morgan fingerprint density at radius 3 is 2.24 bits per heavy atom. The van der Waals surface area contributed by atoms with Crippen LogP contribution in [0, 0.1) is 35.0 Å². The molecule has 0 saturated carbocycles. The molecule has 4 rings (SSSR count). The summed E-state index contributed by atoms with van der Waals surface area (Å²) < 4.78 is 11.3. The van der Waals surface area contributed by atoms with Crippen LogP contribution in [0.3, 0.4) is 0 Å². The third-order valence-electron chi connectivity index (χ3n) is 12.5. The summed E-state index contributed by atoms with van der Waals surface area (Å²) in [5, 5.41) is 35.0. The van der Waals surface area contributed by atoms with Gasteiger partial charge < -0.3 is 24.8 Å². The van der Waals surface area contributed by atoms with Crippen LogP contribution < -0.4 is 0 Å². The van der Waals surface area contributed by atoms with Crippen LogP contribution in [0.5, 0.6) is 0 Å². The van der Waals surface area contributed by atoms with Crippen molar-refractivity contribution in [1.29, 1.82) is 0 Å². The van der Waals surface area contributed by atoms with Crippen molar-refractivity contribution in [3.05, 3.63) is 46.6 Å². The molecule has 1 saturated heterocycles. The van der Waals surface area contributed by atoms with Gasteiger partial charge in [0.2, 0.25) is 0 Å². The predicted molar refractivity (Wildman–Crippen MR) is 191 cm³/mol. The second-order valence-electron chi connectivity index (χ2n) is 16.5. The fourth-order valence-electron chi connectivity index (χ4n) is 9.00. The van der Waals surface area contributed by atoms with E-state index in [1.807, 2.05) is 54.5 Å².